The van der Waals surface area contributed by atoms with Crippen LogP contribution in [-0.2, 0) is 11.2 Å². The Balaban J connectivity index is 1.75. The number of aromatic nitrogens is 3. The Bertz CT molecular complexity index is 862. The fourth-order valence-electron chi connectivity index (χ4n) is 2.45. The van der Waals surface area contributed by atoms with Gasteiger partial charge in [0.2, 0.25) is 5.91 Å². The summed E-state index contributed by atoms with van der Waals surface area (Å²) < 4.78 is 1.55. The number of nitrogens with two attached hydrogens (primary N) is 1. The van der Waals surface area contributed by atoms with Gasteiger partial charge in [0.1, 0.15) is 18.7 Å². The Morgan fingerprint density at radius 2 is 1.92 bits per heavy atom. The van der Waals surface area contributed by atoms with Gasteiger partial charge in [0, 0.05) is 12.0 Å². The van der Waals surface area contributed by atoms with Crippen molar-refractivity contribution in [2.45, 2.75) is 12.5 Å². The lowest BCUT2D eigenvalue weighted by molar-refractivity contribution is -0.119. The van der Waals surface area contributed by atoms with Crippen molar-refractivity contribution >= 4 is 11.8 Å². The van der Waals surface area contributed by atoms with E-state index in [0.29, 0.717) is 17.7 Å². The summed E-state index contributed by atoms with van der Waals surface area (Å²) in [4.78, 5) is 28.1. The normalized spacial score (nSPS) is 11.7. The van der Waals surface area contributed by atoms with E-state index >= 15 is 0 Å². The minimum Gasteiger partial charge on any atom is -0.368 e. The number of nitrogens with zero attached hydrogens (tertiary/aromatic N) is 3. The number of carbonyl (C=O) groups is 2. The molecule has 2 aromatic carbocycles. The maximum Gasteiger partial charge on any atom is 0.252 e. The average Bonchev–Trinajstić information content (AvgIpc) is 3.17. The molecule has 1 atom stereocenters. The van der Waals surface area contributed by atoms with Crippen LogP contribution in [0.25, 0.3) is 5.69 Å². The standard InChI is InChI=1S/C18H17N5O2/c19-17(24)16(9-13-5-2-1-3-6-13)22-18(25)14-7-4-8-15(10-14)23-12-20-11-21-23/h1-8,10-12,16H,9H2,(H2,19,24)(H,22,25). The Hall–Kier alpha value is -3.48. The van der Waals surface area contributed by atoms with Crippen molar-refractivity contribution in [2.24, 2.45) is 5.73 Å². The zero-order valence-electron chi connectivity index (χ0n) is 13.4. The summed E-state index contributed by atoms with van der Waals surface area (Å²) in [6.45, 7) is 0. The van der Waals surface area contributed by atoms with Gasteiger partial charge in [0.25, 0.3) is 5.91 Å². The number of amides is 2. The molecule has 126 valence electrons. The molecule has 1 unspecified atom stereocenters. The molecule has 0 bridgehead atoms. The molecule has 2 amide bonds. The molecule has 0 aliphatic rings. The highest BCUT2D eigenvalue weighted by Crippen LogP contribution is 2.10. The van der Waals surface area contributed by atoms with Gasteiger partial charge in [-0.15, -0.1) is 0 Å². The number of carbonyl (C=O) groups excluding carboxylic acids is 2. The molecular weight excluding hydrogens is 318 g/mol. The van der Waals surface area contributed by atoms with Gasteiger partial charge in [-0.25, -0.2) is 9.67 Å². The van der Waals surface area contributed by atoms with Crippen LogP contribution in [0.4, 0.5) is 0 Å². The van der Waals surface area contributed by atoms with Crippen molar-refractivity contribution in [1.82, 2.24) is 20.1 Å². The minimum atomic E-state index is -0.787. The fraction of sp³-hybridized carbons (Fsp3) is 0.111. The third-order valence-electron chi connectivity index (χ3n) is 3.72. The zero-order chi connectivity index (χ0) is 17.6. The third-order valence-corrected chi connectivity index (χ3v) is 3.72. The Kier molecular flexibility index (Phi) is 4.84. The summed E-state index contributed by atoms with van der Waals surface area (Å²) in [7, 11) is 0. The Morgan fingerprint density at radius 3 is 2.60 bits per heavy atom. The second-order valence-electron chi connectivity index (χ2n) is 5.51. The molecule has 0 saturated carbocycles. The maximum absolute atomic E-state index is 12.5. The molecule has 1 aromatic heterocycles. The highest BCUT2D eigenvalue weighted by atomic mass is 16.2. The van der Waals surface area contributed by atoms with Crippen molar-refractivity contribution in [3.8, 4) is 5.69 Å². The van der Waals surface area contributed by atoms with E-state index in [4.69, 9.17) is 5.73 Å². The summed E-state index contributed by atoms with van der Waals surface area (Å²) in [5.74, 6) is -0.952. The molecule has 7 nitrogen and oxygen atoms in total. The molecular formula is C18H17N5O2. The highest BCUT2D eigenvalue weighted by molar-refractivity contribution is 5.97. The molecule has 0 saturated heterocycles. The predicted octanol–water partition coefficient (Wildman–Crippen LogP) is 1.09. The van der Waals surface area contributed by atoms with Crippen LogP contribution < -0.4 is 11.1 Å². The number of benzene rings is 2. The van der Waals surface area contributed by atoms with Crippen molar-refractivity contribution in [3.63, 3.8) is 0 Å². The average molecular weight is 335 g/mol. The minimum absolute atomic E-state index is 0.338. The van der Waals surface area contributed by atoms with Crippen LogP contribution in [0.1, 0.15) is 15.9 Å². The van der Waals surface area contributed by atoms with E-state index in [1.807, 2.05) is 30.3 Å². The summed E-state index contributed by atoms with van der Waals surface area (Å²) in [5.41, 5.74) is 7.47. The van der Waals surface area contributed by atoms with Crippen LogP contribution in [0, 0.1) is 0 Å². The van der Waals surface area contributed by atoms with Crippen LogP contribution in [0.3, 0.4) is 0 Å². The first-order valence-corrected chi connectivity index (χ1v) is 7.72. The third kappa shape index (κ3) is 4.08. The van der Waals surface area contributed by atoms with Gasteiger partial charge in [-0.05, 0) is 23.8 Å². The van der Waals surface area contributed by atoms with Gasteiger partial charge in [0.05, 0.1) is 5.69 Å². The molecule has 0 spiro atoms. The molecule has 0 aliphatic heterocycles. The second kappa shape index (κ2) is 7.39. The van der Waals surface area contributed by atoms with Gasteiger partial charge in [-0.1, -0.05) is 36.4 Å². The van der Waals surface area contributed by atoms with E-state index in [0.717, 1.165) is 5.56 Å². The molecule has 7 heteroatoms. The largest absolute Gasteiger partial charge is 0.368 e. The lowest BCUT2D eigenvalue weighted by atomic mass is 10.0. The summed E-state index contributed by atoms with van der Waals surface area (Å²) in [5, 5.41) is 6.73. The molecule has 0 radical (unpaired) electrons. The molecule has 1 heterocycles. The first-order valence-electron chi connectivity index (χ1n) is 7.72. The quantitative estimate of drug-likeness (QED) is 0.704. The van der Waals surface area contributed by atoms with Crippen LogP contribution in [0.15, 0.2) is 67.3 Å². The van der Waals surface area contributed by atoms with Crippen LogP contribution >= 0.6 is 0 Å². The molecule has 0 aliphatic carbocycles. The van der Waals surface area contributed by atoms with Gasteiger partial charge in [0.15, 0.2) is 0 Å². The van der Waals surface area contributed by atoms with Crippen molar-refractivity contribution < 1.29 is 9.59 Å². The summed E-state index contributed by atoms with van der Waals surface area (Å²) in [6, 6.07) is 15.5. The molecule has 3 N–H and O–H groups in total. The maximum atomic E-state index is 12.5. The van der Waals surface area contributed by atoms with Crippen LogP contribution in [0.2, 0.25) is 0 Å². The number of nitrogens with one attached hydrogen (secondary N) is 1. The van der Waals surface area contributed by atoms with Crippen LogP contribution in [0.5, 0.6) is 0 Å². The van der Waals surface area contributed by atoms with E-state index in [2.05, 4.69) is 15.4 Å². The van der Waals surface area contributed by atoms with E-state index < -0.39 is 11.9 Å². The van der Waals surface area contributed by atoms with E-state index in [-0.39, 0.29) is 5.91 Å². The summed E-state index contributed by atoms with van der Waals surface area (Å²) >= 11 is 0. The van der Waals surface area contributed by atoms with Gasteiger partial charge >= 0.3 is 0 Å². The summed E-state index contributed by atoms with van der Waals surface area (Å²) in [6.07, 6.45) is 3.29. The number of rotatable bonds is 6. The van der Waals surface area contributed by atoms with Crippen molar-refractivity contribution in [3.05, 3.63) is 78.4 Å². The SMILES string of the molecule is NC(=O)C(Cc1ccccc1)NC(=O)c1cccc(-n2cncn2)c1. The van der Waals surface area contributed by atoms with Crippen molar-refractivity contribution in [2.75, 3.05) is 0 Å². The van der Waals surface area contributed by atoms with E-state index in [9.17, 15) is 9.59 Å². The molecule has 0 fully saturated rings. The number of primary amides is 1. The lowest BCUT2D eigenvalue weighted by Crippen LogP contribution is -2.45. The van der Waals surface area contributed by atoms with Gasteiger partial charge in [-0.2, -0.15) is 5.10 Å². The monoisotopic (exact) mass is 335 g/mol. The van der Waals surface area contributed by atoms with E-state index in [1.54, 1.807) is 35.3 Å². The highest BCUT2D eigenvalue weighted by Gasteiger charge is 2.19. The molecule has 3 rings (SSSR count). The number of hydrogen-bond acceptors (Lipinski definition) is 4. The first-order chi connectivity index (χ1) is 12.1. The van der Waals surface area contributed by atoms with Gasteiger partial charge < -0.3 is 11.1 Å². The number of hydrogen-bond donors (Lipinski definition) is 2. The first kappa shape index (κ1) is 16.4. The smallest absolute Gasteiger partial charge is 0.252 e. The fourth-order valence-corrected chi connectivity index (χ4v) is 2.45. The predicted molar refractivity (Wildman–Crippen MR) is 92.0 cm³/mol. The Labute approximate surface area is 144 Å². The Morgan fingerprint density at radius 1 is 1.12 bits per heavy atom. The van der Waals surface area contributed by atoms with Crippen molar-refractivity contribution in [1.29, 1.82) is 0 Å². The zero-order valence-corrected chi connectivity index (χ0v) is 13.4. The van der Waals surface area contributed by atoms with Gasteiger partial charge in [-0.3, -0.25) is 9.59 Å². The van der Waals surface area contributed by atoms with Crippen LogP contribution in [-0.4, -0.2) is 32.6 Å². The lowest BCUT2D eigenvalue weighted by Gasteiger charge is -2.16. The molecule has 3 aromatic rings. The second-order valence-corrected chi connectivity index (χ2v) is 5.51. The topological polar surface area (TPSA) is 103 Å². The van der Waals surface area contributed by atoms with E-state index in [1.165, 1.54) is 6.33 Å². The molecule has 25 heavy (non-hydrogen) atoms.